The van der Waals surface area contributed by atoms with Crippen molar-refractivity contribution in [3.05, 3.63) is 92.5 Å². The van der Waals surface area contributed by atoms with E-state index in [0.29, 0.717) is 46.7 Å². The Morgan fingerprint density at radius 2 is 1.80 bits per heavy atom. The zero-order valence-electron chi connectivity index (χ0n) is 17.9. The van der Waals surface area contributed by atoms with E-state index in [1.54, 1.807) is 18.2 Å². The number of carboxylic acid groups (broad SMARTS) is 1. The number of pyridine rings is 1. The number of nitrogens with zero attached hydrogens (tertiary/aromatic N) is 1. The quantitative estimate of drug-likeness (QED) is 0.332. The van der Waals surface area contributed by atoms with Crippen LogP contribution in [0.15, 0.2) is 48.7 Å². The van der Waals surface area contributed by atoms with Gasteiger partial charge in [-0.25, -0.2) is 9.18 Å². The lowest BCUT2D eigenvalue weighted by molar-refractivity contribution is -0.141. The van der Waals surface area contributed by atoms with Gasteiger partial charge in [-0.05, 0) is 72.4 Å². The van der Waals surface area contributed by atoms with Crippen LogP contribution in [-0.4, -0.2) is 16.1 Å². The molecule has 1 aliphatic carbocycles. The van der Waals surface area contributed by atoms with Crippen LogP contribution < -0.4 is 4.74 Å². The maximum absolute atomic E-state index is 13.3. The van der Waals surface area contributed by atoms with E-state index >= 15 is 0 Å². The zero-order valence-corrected chi connectivity index (χ0v) is 19.4. The van der Waals surface area contributed by atoms with E-state index in [2.05, 4.69) is 4.98 Å². The lowest BCUT2D eigenvalue weighted by atomic mass is 9.96. The van der Waals surface area contributed by atoms with Gasteiger partial charge in [-0.15, -0.1) is 0 Å². The normalized spacial score (nSPS) is 13.9. The number of ether oxygens (including phenoxy) is 1. The third kappa shape index (κ3) is 5.44. The maximum atomic E-state index is 13.3. The van der Waals surface area contributed by atoms with Crippen molar-refractivity contribution in [2.24, 2.45) is 0 Å². The number of rotatable bonds is 6. The first-order chi connectivity index (χ1) is 16.5. The van der Waals surface area contributed by atoms with Gasteiger partial charge in [-0.3, -0.25) is 4.98 Å². The van der Waals surface area contributed by atoms with Crippen molar-refractivity contribution in [1.29, 1.82) is 0 Å². The fourth-order valence-corrected chi connectivity index (χ4v) is 4.43. The highest BCUT2D eigenvalue weighted by Crippen LogP contribution is 2.44. The summed E-state index contributed by atoms with van der Waals surface area (Å²) in [5.74, 6) is -1.74. The van der Waals surface area contributed by atoms with Crippen LogP contribution in [0.25, 0.3) is 11.1 Å². The molecule has 0 atom stereocenters. The molecule has 0 bridgehead atoms. The van der Waals surface area contributed by atoms with Crippen molar-refractivity contribution in [2.75, 3.05) is 0 Å². The van der Waals surface area contributed by atoms with Crippen LogP contribution in [0.3, 0.4) is 0 Å². The van der Waals surface area contributed by atoms with E-state index in [1.807, 2.05) is 0 Å². The first kappa shape index (κ1) is 25.0. The molecular formula is C25H17Cl2F4NO3. The molecule has 0 radical (unpaired) electrons. The molecule has 2 aromatic carbocycles. The van der Waals surface area contributed by atoms with Gasteiger partial charge in [0.25, 0.3) is 0 Å². The molecule has 1 aliphatic rings. The van der Waals surface area contributed by atoms with Crippen molar-refractivity contribution in [1.82, 2.24) is 4.98 Å². The fraction of sp³-hybridized carbons (Fsp3) is 0.200. The van der Waals surface area contributed by atoms with Gasteiger partial charge in [0.15, 0.2) is 5.69 Å². The Morgan fingerprint density at radius 1 is 1.06 bits per heavy atom. The summed E-state index contributed by atoms with van der Waals surface area (Å²) in [6.07, 6.45) is -2.07. The highest BCUT2D eigenvalue weighted by molar-refractivity contribution is 6.31. The number of alkyl halides is 3. The number of carboxylic acids is 1. The third-order valence-corrected chi connectivity index (χ3v) is 6.20. The van der Waals surface area contributed by atoms with E-state index in [9.17, 15) is 27.5 Å². The Bertz CT molecular complexity index is 1340. The summed E-state index contributed by atoms with van der Waals surface area (Å²) >= 11 is 12.3. The van der Waals surface area contributed by atoms with Gasteiger partial charge >= 0.3 is 12.1 Å². The Kier molecular flexibility index (Phi) is 7.05. The molecule has 0 fully saturated rings. The number of benzene rings is 2. The SMILES string of the molecule is O=C(O)c1cc(C2=C(c3cc(Cl)ccc3OCc3ccc(F)cc3Cl)CCC2)cnc1C(F)(F)F. The summed E-state index contributed by atoms with van der Waals surface area (Å²) < 4.78 is 59.0. The highest BCUT2D eigenvalue weighted by atomic mass is 35.5. The molecule has 0 unspecified atom stereocenters. The Morgan fingerprint density at radius 3 is 2.49 bits per heavy atom. The van der Waals surface area contributed by atoms with Crippen molar-refractivity contribution >= 4 is 40.3 Å². The second-order valence-electron chi connectivity index (χ2n) is 7.90. The fourth-order valence-electron chi connectivity index (χ4n) is 4.04. The predicted octanol–water partition coefficient (Wildman–Crippen LogP) is 7.92. The monoisotopic (exact) mass is 525 g/mol. The molecule has 1 N–H and O–H groups in total. The molecule has 0 saturated heterocycles. The summed E-state index contributed by atoms with van der Waals surface area (Å²) in [7, 11) is 0. The molecule has 0 spiro atoms. The third-order valence-electron chi connectivity index (χ3n) is 5.62. The number of allylic oxidation sites excluding steroid dienone is 2. The van der Waals surface area contributed by atoms with Gasteiger partial charge in [0, 0.05) is 22.3 Å². The van der Waals surface area contributed by atoms with Gasteiger partial charge < -0.3 is 9.84 Å². The van der Waals surface area contributed by atoms with Crippen LogP contribution in [0.5, 0.6) is 5.75 Å². The maximum Gasteiger partial charge on any atom is 0.434 e. The van der Waals surface area contributed by atoms with Crippen molar-refractivity contribution < 1.29 is 32.2 Å². The van der Waals surface area contributed by atoms with E-state index in [-0.39, 0.29) is 17.2 Å². The number of hydrogen-bond donors (Lipinski definition) is 1. The number of hydrogen-bond acceptors (Lipinski definition) is 3. The zero-order chi connectivity index (χ0) is 25.3. The summed E-state index contributed by atoms with van der Waals surface area (Å²) in [6, 6.07) is 9.92. The Hall–Kier alpha value is -3.10. The molecule has 1 heterocycles. The number of halogens is 6. The van der Waals surface area contributed by atoms with E-state index in [4.69, 9.17) is 27.9 Å². The van der Waals surface area contributed by atoms with Crippen LogP contribution in [0, 0.1) is 5.82 Å². The smallest absolute Gasteiger partial charge is 0.434 e. The molecule has 0 aliphatic heterocycles. The van der Waals surface area contributed by atoms with Crippen molar-refractivity contribution in [3.8, 4) is 5.75 Å². The largest absolute Gasteiger partial charge is 0.488 e. The van der Waals surface area contributed by atoms with Crippen LogP contribution in [0.1, 0.15) is 52.0 Å². The lowest BCUT2D eigenvalue weighted by Gasteiger charge is -2.16. The van der Waals surface area contributed by atoms with Crippen LogP contribution in [-0.2, 0) is 12.8 Å². The number of aromatic carboxylic acids is 1. The van der Waals surface area contributed by atoms with E-state index < -0.39 is 29.2 Å². The van der Waals surface area contributed by atoms with Gasteiger partial charge in [0.1, 0.15) is 18.2 Å². The minimum Gasteiger partial charge on any atom is -0.488 e. The van der Waals surface area contributed by atoms with Gasteiger partial charge in [0.2, 0.25) is 0 Å². The molecule has 4 rings (SSSR count). The van der Waals surface area contributed by atoms with Crippen molar-refractivity contribution in [2.45, 2.75) is 32.0 Å². The molecule has 10 heteroatoms. The summed E-state index contributed by atoms with van der Waals surface area (Å²) in [6.45, 7) is 0.0430. The van der Waals surface area contributed by atoms with Gasteiger partial charge in [-0.1, -0.05) is 29.3 Å². The van der Waals surface area contributed by atoms with Crippen LogP contribution in [0.2, 0.25) is 10.0 Å². The number of aromatic nitrogens is 1. The Balaban J connectivity index is 1.75. The molecule has 3 aromatic rings. The minimum absolute atomic E-state index is 0.0430. The van der Waals surface area contributed by atoms with E-state index in [1.165, 1.54) is 18.2 Å². The van der Waals surface area contributed by atoms with Gasteiger partial charge in [0.05, 0.1) is 10.6 Å². The average Bonchev–Trinajstić information content (AvgIpc) is 3.28. The molecular weight excluding hydrogens is 509 g/mol. The molecule has 0 saturated carbocycles. The molecule has 0 amide bonds. The molecule has 182 valence electrons. The topological polar surface area (TPSA) is 59.4 Å². The second kappa shape index (κ2) is 9.87. The number of carbonyl (C=O) groups is 1. The van der Waals surface area contributed by atoms with Crippen molar-refractivity contribution in [3.63, 3.8) is 0 Å². The first-order valence-electron chi connectivity index (χ1n) is 10.4. The van der Waals surface area contributed by atoms with Crippen LogP contribution >= 0.6 is 23.2 Å². The summed E-state index contributed by atoms with van der Waals surface area (Å²) in [5.41, 5.74) is 0.549. The van der Waals surface area contributed by atoms with E-state index in [0.717, 1.165) is 17.8 Å². The standard InChI is InChI=1S/C25H17Cl2F4NO3/c26-15-5-7-22(35-12-13-4-6-16(28)10-21(13)27)19(9-15)18-3-1-2-17(18)14-8-20(24(33)34)23(32-11-14)25(29,30)31/h4-11H,1-3,12H2,(H,33,34). The molecule has 35 heavy (non-hydrogen) atoms. The first-order valence-corrected chi connectivity index (χ1v) is 11.2. The summed E-state index contributed by atoms with van der Waals surface area (Å²) in [5, 5.41) is 9.98. The Labute approximate surface area is 207 Å². The van der Waals surface area contributed by atoms with Crippen LogP contribution in [0.4, 0.5) is 17.6 Å². The minimum atomic E-state index is -4.89. The van der Waals surface area contributed by atoms with Gasteiger partial charge in [-0.2, -0.15) is 13.2 Å². The second-order valence-corrected chi connectivity index (χ2v) is 8.74. The summed E-state index contributed by atoms with van der Waals surface area (Å²) in [4.78, 5) is 15.0. The molecule has 1 aromatic heterocycles. The highest BCUT2D eigenvalue weighted by Gasteiger charge is 2.38. The lowest BCUT2D eigenvalue weighted by Crippen LogP contribution is -2.15. The average molecular weight is 526 g/mol. The molecule has 4 nitrogen and oxygen atoms in total. The predicted molar refractivity (Wildman–Crippen MR) is 124 cm³/mol.